The van der Waals surface area contributed by atoms with Crippen LogP contribution >= 0.6 is 0 Å². The average Bonchev–Trinajstić information content (AvgIpc) is 2.57. The number of hydrogen-bond donors (Lipinski definition) is 2. The van der Waals surface area contributed by atoms with Crippen molar-refractivity contribution in [2.45, 2.75) is 38.6 Å². The van der Waals surface area contributed by atoms with Crippen LogP contribution in [0.25, 0.3) is 0 Å². The lowest BCUT2D eigenvalue weighted by molar-refractivity contribution is 0.377. The molecule has 0 radical (unpaired) electrons. The molecule has 1 unspecified atom stereocenters. The Hall–Kier alpha value is -2.07. The molecule has 0 amide bonds. The van der Waals surface area contributed by atoms with Gasteiger partial charge in [-0.25, -0.2) is 0 Å². The van der Waals surface area contributed by atoms with E-state index >= 15 is 0 Å². The molecule has 4 heteroatoms. The van der Waals surface area contributed by atoms with E-state index < -0.39 is 0 Å². The average molecular weight is 326 g/mol. The Morgan fingerprint density at radius 1 is 1.08 bits per heavy atom. The van der Waals surface area contributed by atoms with Gasteiger partial charge in [0.25, 0.3) is 5.56 Å². The van der Waals surface area contributed by atoms with Crippen molar-refractivity contribution in [3.8, 4) is 5.75 Å². The summed E-state index contributed by atoms with van der Waals surface area (Å²) in [6.45, 7) is 2.62. The fraction of sp³-hybridized carbons (Fsp3) is 0.450. The number of pyridine rings is 1. The molecule has 2 aromatic rings. The molecule has 4 nitrogen and oxygen atoms in total. The van der Waals surface area contributed by atoms with Gasteiger partial charge in [-0.3, -0.25) is 4.79 Å². The van der Waals surface area contributed by atoms with Crippen molar-refractivity contribution in [1.29, 1.82) is 0 Å². The van der Waals surface area contributed by atoms with Crippen LogP contribution in [0.15, 0.2) is 47.4 Å². The van der Waals surface area contributed by atoms with Gasteiger partial charge in [0, 0.05) is 11.8 Å². The molecule has 1 fully saturated rings. The van der Waals surface area contributed by atoms with Crippen LogP contribution < -0.4 is 10.9 Å². The monoisotopic (exact) mass is 326 g/mol. The van der Waals surface area contributed by atoms with Crippen LogP contribution in [0.4, 0.5) is 0 Å². The lowest BCUT2D eigenvalue weighted by Crippen LogP contribution is -2.24. The molecule has 1 aliphatic heterocycles. The fourth-order valence-corrected chi connectivity index (χ4v) is 3.44. The summed E-state index contributed by atoms with van der Waals surface area (Å²) in [4.78, 5) is 12.5. The highest BCUT2D eigenvalue weighted by Crippen LogP contribution is 2.23. The van der Waals surface area contributed by atoms with Gasteiger partial charge in [-0.15, -0.1) is 0 Å². The first-order valence-corrected chi connectivity index (χ1v) is 8.90. The van der Waals surface area contributed by atoms with E-state index in [1.807, 2.05) is 42.6 Å². The Balaban J connectivity index is 1.73. The van der Waals surface area contributed by atoms with E-state index in [1.54, 1.807) is 4.57 Å². The molecule has 0 spiro atoms. The summed E-state index contributed by atoms with van der Waals surface area (Å²) in [5, 5.41) is 13.8. The van der Waals surface area contributed by atoms with Crippen LogP contribution in [0.3, 0.4) is 0 Å². The first kappa shape index (κ1) is 16.8. The lowest BCUT2D eigenvalue weighted by Gasteiger charge is -2.21. The minimum Gasteiger partial charge on any atom is -0.503 e. The van der Waals surface area contributed by atoms with Gasteiger partial charge in [0.2, 0.25) is 0 Å². The van der Waals surface area contributed by atoms with Gasteiger partial charge >= 0.3 is 0 Å². The number of nitrogens with one attached hydrogen (secondary N) is 1. The van der Waals surface area contributed by atoms with E-state index in [-0.39, 0.29) is 11.3 Å². The van der Waals surface area contributed by atoms with Gasteiger partial charge in [-0.2, -0.15) is 0 Å². The van der Waals surface area contributed by atoms with Crippen molar-refractivity contribution >= 4 is 0 Å². The topological polar surface area (TPSA) is 54.3 Å². The van der Waals surface area contributed by atoms with E-state index in [9.17, 15) is 9.90 Å². The summed E-state index contributed by atoms with van der Waals surface area (Å²) in [7, 11) is 0. The van der Waals surface area contributed by atoms with E-state index in [2.05, 4.69) is 5.32 Å². The second-order valence-electron chi connectivity index (χ2n) is 6.71. The zero-order chi connectivity index (χ0) is 16.8. The second-order valence-corrected chi connectivity index (χ2v) is 6.71. The zero-order valence-electron chi connectivity index (χ0n) is 14.1. The third-order valence-electron chi connectivity index (χ3n) is 4.87. The maximum absolute atomic E-state index is 12.5. The highest BCUT2D eigenvalue weighted by atomic mass is 16.3. The summed E-state index contributed by atoms with van der Waals surface area (Å²) >= 11 is 0. The number of benzene rings is 1. The second kappa shape index (κ2) is 8.15. The van der Waals surface area contributed by atoms with Crippen LogP contribution in [0.5, 0.6) is 5.75 Å². The molecule has 128 valence electrons. The van der Waals surface area contributed by atoms with Crippen LogP contribution in [-0.2, 0) is 13.0 Å². The number of aromatic hydroxyl groups is 1. The van der Waals surface area contributed by atoms with E-state index in [1.165, 1.54) is 19.3 Å². The Kier molecular flexibility index (Phi) is 5.70. The standard InChI is InChI=1S/C20H26N2O2/c23-19-18(14-16-6-4-5-11-21-12-9-16)10-13-22(20(19)24)15-17-7-2-1-3-8-17/h1-3,7-8,10,13,16,21,23H,4-6,9,11-12,14-15H2. The molecule has 1 aromatic carbocycles. The normalized spacial score (nSPS) is 18.8. The summed E-state index contributed by atoms with van der Waals surface area (Å²) < 4.78 is 1.58. The van der Waals surface area contributed by atoms with Crippen molar-refractivity contribution in [2.75, 3.05) is 13.1 Å². The Morgan fingerprint density at radius 3 is 2.75 bits per heavy atom. The fourth-order valence-electron chi connectivity index (χ4n) is 3.44. The summed E-state index contributed by atoms with van der Waals surface area (Å²) in [6, 6.07) is 11.7. The summed E-state index contributed by atoms with van der Waals surface area (Å²) in [6.07, 6.45) is 7.30. The predicted octanol–water partition coefficient (Wildman–Crippen LogP) is 2.92. The number of nitrogens with zero attached hydrogens (tertiary/aromatic N) is 1. The molecule has 1 aliphatic rings. The number of aromatic nitrogens is 1. The molecule has 3 rings (SSSR count). The molecule has 0 saturated carbocycles. The molecule has 2 heterocycles. The SMILES string of the molecule is O=c1c(O)c(CC2CCCCNCC2)ccn1Cc1ccccc1. The molecule has 24 heavy (non-hydrogen) atoms. The number of hydrogen-bond acceptors (Lipinski definition) is 3. The minimum atomic E-state index is -0.291. The largest absolute Gasteiger partial charge is 0.503 e. The Morgan fingerprint density at radius 2 is 1.92 bits per heavy atom. The molecule has 0 bridgehead atoms. The van der Waals surface area contributed by atoms with Gasteiger partial charge in [-0.05, 0) is 49.9 Å². The molecule has 1 saturated heterocycles. The highest BCUT2D eigenvalue weighted by Gasteiger charge is 2.16. The van der Waals surface area contributed by atoms with Crippen molar-refractivity contribution < 1.29 is 5.11 Å². The smallest absolute Gasteiger partial charge is 0.293 e. The Bertz CT molecular complexity index is 701. The third-order valence-corrected chi connectivity index (χ3v) is 4.87. The van der Waals surface area contributed by atoms with Crippen molar-refractivity contribution in [3.63, 3.8) is 0 Å². The highest BCUT2D eigenvalue weighted by molar-refractivity contribution is 5.30. The first-order chi connectivity index (χ1) is 11.7. The maximum atomic E-state index is 12.5. The molecule has 1 atom stereocenters. The minimum absolute atomic E-state index is 0.0801. The van der Waals surface area contributed by atoms with E-state index in [0.29, 0.717) is 12.5 Å². The molecular formula is C20H26N2O2. The van der Waals surface area contributed by atoms with Gasteiger partial charge in [0.05, 0.1) is 6.54 Å². The van der Waals surface area contributed by atoms with Crippen LogP contribution in [0, 0.1) is 5.92 Å². The zero-order valence-corrected chi connectivity index (χ0v) is 14.1. The van der Waals surface area contributed by atoms with Gasteiger partial charge in [-0.1, -0.05) is 43.2 Å². The first-order valence-electron chi connectivity index (χ1n) is 8.90. The molecule has 1 aromatic heterocycles. The van der Waals surface area contributed by atoms with Crippen molar-refractivity contribution in [3.05, 3.63) is 64.1 Å². The van der Waals surface area contributed by atoms with E-state index in [0.717, 1.165) is 37.1 Å². The molecule has 0 aliphatic carbocycles. The quantitative estimate of drug-likeness (QED) is 0.908. The van der Waals surface area contributed by atoms with Crippen LogP contribution in [0.1, 0.15) is 36.8 Å². The van der Waals surface area contributed by atoms with Crippen LogP contribution in [0.2, 0.25) is 0 Å². The van der Waals surface area contributed by atoms with Crippen LogP contribution in [-0.4, -0.2) is 22.8 Å². The summed E-state index contributed by atoms with van der Waals surface area (Å²) in [5.41, 5.74) is 1.55. The van der Waals surface area contributed by atoms with Crippen molar-refractivity contribution in [1.82, 2.24) is 9.88 Å². The van der Waals surface area contributed by atoms with Gasteiger partial charge < -0.3 is 15.0 Å². The van der Waals surface area contributed by atoms with Gasteiger partial charge in [0.1, 0.15) is 0 Å². The number of rotatable bonds is 4. The van der Waals surface area contributed by atoms with Crippen molar-refractivity contribution in [2.24, 2.45) is 5.92 Å². The lowest BCUT2D eigenvalue weighted by atomic mass is 9.90. The van der Waals surface area contributed by atoms with E-state index in [4.69, 9.17) is 0 Å². The summed E-state index contributed by atoms with van der Waals surface area (Å²) in [5.74, 6) is 0.455. The maximum Gasteiger partial charge on any atom is 0.293 e. The third kappa shape index (κ3) is 4.26. The molecule has 2 N–H and O–H groups in total. The van der Waals surface area contributed by atoms with Gasteiger partial charge in [0.15, 0.2) is 5.75 Å². The predicted molar refractivity (Wildman–Crippen MR) is 96.4 cm³/mol. The Labute approximate surface area is 143 Å². The molecular weight excluding hydrogens is 300 g/mol.